The minimum absolute atomic E-state index is 0.199. The van der Waals surface area contributed by atoms with Crippen LogP contribution in [0.5, 0.6) is 0 Å². The molecule has 3 aromatic rings. The van der Waals surface area contributed by atoms with Crippen LogP contribution in [0.4, 0.5) is 5.69 Å². The number of anilines is 1. The number of nitrogens with zero attached hydrogens (tertiary/aromatic N) is 4. The average molecular weight is 285 g/mol. The summed E-state index contributed by atoms with van der Waals surface area (Å²) in [5, 5.41) is 8.56. The molecule has 7 heteroatoms. The van der Waals surface area contributed by atoms with Crippen molar-refractivity contribution in [3.05, 3.63) is 59.1 Å². The number of carbonyl (C=O) groups is 1. The Morgan fingerprint density at radius 2 is 2.15 bits per heavy atom. The molecule has 0 aliphatic heterocycles. The lowest BCUT2D eigenvalue weighted by atomic mass is 10.2. The topological polar surface area (TPSA) is 72.7 Å². The molecular formula is C13H11N5OS. The van der Waals surface area contributed by atoms with Crippen molar-refractivity contribution in [3.63, 3.8) is 0 Å². The van der Waals surface area contributed by atoms with Crippen molar-refractivity contribution in [2.75, 3.05) is 5.32 Å². The van der Waals surface area contributed by atoms with E-state index in [1.165, 1.54) is 17.7 Å². The van der Waals surface area contributed by atoms with E-state index in [9.17, 15) is 4.79 Å². The van der Waals surface area contributed by atoms with E-state index in [4.69, 9.17) is 0 Å². The number of aromatic nitrogens is 4. The summed E-state index contributed by atoms with van der Waals surface area (Å²) in [6.45, 7) is 0.653. The zero-order chi connectivity index (χ0) is 13.8. The molecule has 0 aliphatic rings. The second-order valence-electron chi connectivity index (χ2n) is 4.12. The molecule has 0 bridgehead atoms. The molecule has 1 N–H and O–H groups in total. The van der Waals surface area contributed by atoms with E-state index in [0.717, 1.165) is 11.3 Å². The normalized spacial score (nSPS) is 10.4. The zero-order valence-electron chi connectivity index (χ0n) is 10.4. The molecule has 20 heavy (non-hydrogen) atoms. The lowest BCUT2D eigenvalue weighted by Gasteiger charge is -2.05. The van der Waals surface area contributed by atoms with Gasteiger partial charge in [0.2, 0.25) is 0 Å². The van der Waals surface area contributed by atoms with Crippen LogP contribution in [0.1, 0.15) is 16.1 Å². The van der Waals surface area contributed by atoms with Gasteiger partial charge in [0.25, 0.3) is 5.91 Å². The molecule has 0 saturated heterocycles. The Balaban J connectivity index is 1.65. The summed E-state index contributed by atoms with van der Waals surface area (Å²) >= 11 is 1.40. The van der Waals surface area contributed by atoms with Crippen molar-refractivity contribution >= 4 is 22.9 Å². The average Bonchev–Trinajstić information content (AvgIpc) is 3.13. The van der Waals surface area contributed by atoms with E-state index >= 15 is 0 Å². The second-order valence-corrected chi connectivity index (χ2v) is 4.84. The summed E-state index contributed by atoms with van der Waals surface area (Å²) in [6, 6.07) is 7.60. The summed E-state index contributed by atoms with van der Waals surface area (Å²) in [4.78, 5) is 19.7. The van der Waals surface area contributed by atoms with Gasteiger partial charge in [0, 0.05) is 11.1 Å². The fourth-order valence-electron chi connectivity index (χ4n) is 1.71. The van der Waals surface area contributed by atoms with Crippen LogP contribution in [0.2, 0.25) is 0 Å². The first-order valence-electron chi connectivity index (χ1n) is 5.92. The molecule has 2 heterocycles. The SMILES string of the molecule is O=C(Nc1ccc(Cn2cncn2)cc1)c1cscn1. The lowest BCUT2D eigenvalue weighted by molar-refractivity contribution is 0.102. The predicted octanol–water partition coefficient (Wildman–Crippen LogP) is 2.04. The molecule has 0 aliphatic carbocycles. The van der Waals surface area contributed by atoms with E-state index in [1.807, 2.05) is 24.3 Å². The van der Waals surface area contributed by atoms with Crippen molar-refractivity contribution in [2.45, 2.75) is 6.54 Å². The predicted molar refractivity (Wildman–Crippen MR) is 75.6 cm³/mol. The third kappa shape index (κ3) is 2.89. The molecular weight excluding hydrogens is 274 g/mol. The quantitative estimate of drug-likeness (QED) is 0.796. The van der Waals surface area contributed by atoms with Crippen molar-refractivity contribution < 1.29 is 4.79 Å². The fourth-order valence-corrected chi connectivity index (χ4v) is 2.25. The summed E-state index contributed by atoms with van der Waals surface area (Å²) in [7, 11) is 0. The molecule has 3 rings (SSSR count). The van der Waals surface area contributed by atoms with Crippen molar-refractivity contribution in [1.29, 1.82) is 0 Å². The van der Waals surface area contributed by atoms with Gasteiger partial charge in [-0.3, -0.25) is 4.79 Å². The first kappa shape index (κ1) is 12.5. The molecule has 1 amide bonds. The Morgan fingerprint density at radius 1 is 1.30 bits per heavy atom. The first-order valence-corrected chi connectivity index (χ1v) is 6.86. The maximum atomic E-state index is 11.8. The Labute approximate surface area is 119 Å². The van der Waals surface area contributed by atoms with Gasteiger partial charge in [-0.25, -0.2) is 14.6 Å². The van der Waals surface area contributed by atoms with Crippen molar-refractivity contribution in [2.24, 2.45) is 0 Å². The highest BCUT2D eigenvalue weighted by Crippen LogP contribution is 2.12. The number of carbonyl (C=O) groups excluding carboxylic acids is 1. The van der Waals surface area contributed by atoms with Crippen LogP contribution in [-0.4, -0.2) is 25.7 Å². The Kier molecular flexibility index (Phi) is 3.51. The van der Waals surface area contributed by atoms with E-state index in [1.54, 1.807) is 21.9 Å². The number of thiazole rings is 1. The summed E-state index contributed by atoms with van der Waals surface area (Å²) in [6.07, 6.45) is 3.17. The third-order valence-corrected chi connectivity index (χ3v) is 3.27. The molecule has 6 nitrogen and oxygen atoms in total. The summed E-state index contributed by atoms with van der Waals surface area (Å²) in [5.41, 5.74) is 3.89. The number of rotatable bonds is 4. The van der Waals surface area contributed by atoms with Gasteiger partial charge in [0.1, 0.15) is 18.3 Å². The minimum Gasteiger partial charge on any atom is -0.321 e. The number of amides is 1. The van der Waals surface area contributed by atoms with Gasteiger partial charge in [0.05, 0.1) is 12.1 Å². The maximum absolute atomic E-state index is 11.8. The van der Waals surface area contributed by atoms with Crippen LogP contribution in [-0.2, 0) is 6.54 Å². The molecule has 100 valence electrons. The highest BCUT2D eigenvalue weighted by Gasteiger charge is 2.07. The van der Waals surface area contributed by atoms with Crippen LogP contribution >= 0.6 is 11.3 Å². The molecule has 0 spiro atoms. The lowest BCUT2D eigenvalue weighted by Crippen LogP contribution is -2.12. The van der Waals surface area contributed by atoms with Gasteiger partial charge in [-0.05, 0) is 17.7 Å². The van der Waals surface area contributed by atoms with Gasteiger partial charge in [-0.1, -0.05) is 12.1 Å². The van der Waals surface area contributed by atoms with Gasteiger partial charge in [0.15, 0.2) is 0 Å². The van der Waals surface area contributed by atoms with Gasteiger partial charge < -0.3 is 5.32 Å². The van der Waals surface area contributed by atoms with E-state index in [-0.39, 0.29) is 5.91 Å². The third-order valence-electron chi connectivity index (χ3n) is 2.69. The van der Waals surface area contributed by atoms with Crippen LogP contribution in [0, 0.1) is 0 Å². The standard InChI is InChI=1S/C13H11N5OS/c19-13(12-6-20-9-15-12)17-11-3-1-10(2-4-11)5-18-8-14-7-16-18/h1-4,6-9H,5H2,(H,17,19). The molecule has 0 atom stereocenters. The Bertz CT molecular complexity index is 676. The monoisotopic (exact) mass is 285 g/mol. The van der Waals surface area contributed by atoms with Gasteiger partial charge >= 0.3 is 0 Å². The minimum atomic E-state index is -0.199. The van der Waals surface area contributed by atoms with Crippen LogP contribution in [0.25, 0.3) is 0 Å². The summed E-state index contributed by atoms with van der Waals surface area (Å²) < 4.78 is 1.74. The molecule has 1 aromatic carbocycles. The van der Waals surface area contributed by atoms with Crippen molar-refractivity contribution in [3.8, 4) is 0 Å². The number of hydrogen-bond acceptors (Lipinski definition) is 5. The number of benzene rings is 1. The fraction of sp³-hybridized carbons (Fsp3) is 0.0769. The van der Waals surface area contributed by atoms with Crippen LogP contribution in [0.15, 0.2) is 47.8 Å². The van der Waals surface area contributed by atoms with E-state index in [2.05, 4.69) is 20.4 Å². The Morgan fingerprint density at radius 3 is 2.80 bits per heavy atom. The zero-order valence-corrected chi connectivity index (χ0v) is 11.2. The maximum Gasteiger partial charge on any atom is 0.275 e. The van der Waals surface area contributed by atoms with E-state index < -0.39 is 0 Å². The summed E-state index contributed by atoms with van der Waals surface area (Å²) in [5.74, 6) is -0.199. The molecule has 2 aromatic heterocycles. The second kappa shape index (κ2) is 5.62. The van der Waals surface area contributed by atoms with Crippen molar-refractivity contribution in [1.82, 2.24) is 19.7 Å². The van der Waals surface area contributed by atoms with Crippen LogP contribution < -0.4 is 5.32 Å². The largest absolute Gasteiger partial charge is 0.321 e. The first-order chi connectivity index (χ1) is 9.81. The van der Waals surface area contributed by atoms with E-state index in [0.29, 0.717) is 12.2 Å². The van der Waals surface area contributed by atoms with Gasteiger partial charge in [-0.15, -0.1) is 11.3 Å². The molecule has 0 radical (unpaired) electrons. The molecule has 0 fully saturated rings. The number of nitrogens with one attached hydrogen (secondary N) is 1. The van der Waals surface area contributed by atoms with Gasteiger partial charge in [-0.2, -0.15) is 5.10 Å². The smallest absolute Gasteiger partial charge is 0.275 e. The highest BCUT2D eigenvalue weighted by atomic mass is 32.1. The Hall–Kier alpha value is -2.54. The molecule has 0 unspecified atom stereocenters. The van der Waals surface area contributed by atoms with Crippen LogP contribution in [0.3, 0.4) is 0 Å². The number of hydrogen-bond donors (Lipinski definition) is 1. The highest BCUT2D eigenvalue weighted by molar-refractivity contribution is 7.07. The molecule has 0 saturated carbocycles.